The molecule has 2 N–H and O–H groups in total. The first-order valence-corrected chi connectivity index (χ1v) is 14.5. The van der Waals surface area contributed by atoms with Crippen LogP contribution in [0, 0.1) is 11.8 Å². The summed E-state index contributed by atoms with van der Waals surface area (Å²) in [6.45, 7) is 9.07. The summed E-state index contributed by atoms with van der Waals surface area (Å²) in [5, 5.41) is 13.0. The second kappa shape index (κ2) is 13.0. The molecule has 214 valence electrons. The van der Waals surface area contributed by atoms with Crippen LogP contribution in [0.1, 0.15) is 69.2 Å². The van der Waals surface area contributed by atoms with Gasteiger partial charge in [0.2, 0.25) is 6.41 Å². The summed E-state index contributed by atoms with van der Waals surface area (Å²) in [4.78, 5) is 56.8. The third-order valence-electron chi connectivity index (χ3n) is 9.15. The van der Waals surface area contributed by atoms with Crippen LogP contribution in [-0.2, 0) is 9.59 Å². The number of likely N-dealkylation sites (tertiary alicyclic amines) is 1. The molecule has 10 nitrogen and oxygen atoms in total. The number of piperazine rings is 1. The molecule has 1 aromatic rings. The first-order chi connectivity index (χ1) is 18.8. The highest BCUT2D eigenvalue weighted by Crippen LogP contribution is 2.36. The molecule has 1 aliphatic carbocycles. The van der Waals surface area contributed by atoms with E-state index in [0.29, 0.717) is 48.8 Å². The van der Waals surface area contributed by atoms with Gasteiger partial charge >= 0.3 is 11.9 Å². The molecule has 4 rings (SSSR count). The number of anilines is 1. The average molecular weight is 543 g/mol. The monoisotopic (exact) mass is 542 g/mol. The number of nitrogens with zero attached hydrogens (tertiary/aromatic N) is 4. The highest BCUT2D eigenvalue weighted by atomic mass is 16.5. The maximum Gasteiger partial charge on any atom is 0.431 e. The van der Waals surface area contributed by atoms with Crippen LogP contribution < -0.4 is 10.2 Å². The number of carbonyl (C=O) groups is 4. The van der Waals surface area contributed by atoms with E-state index in [1.165, 1.54) is 0 Å². The summed E-state index contributed by atoms with van der Waals surface area (Å²) in [5.74, 6) is -1.21. The van der Waals surface area contributed by atoms with Crippen molar-refractivity contribution in [2.45, 2.75) is 64.8 Å². The number of quaternary nitrogens is 1. The molecule has 39 heavy (non-hydrogen) atoms. The molecule has 0 radical (unpaired) electrons. The molecule has 2 aliphatic heterocycles. The van der Waals surface area contributed by atoms with Gasteiger partial charge in [0.25, 0.3) is 5.91 Å². The van der Waals surface area contributed by atoms with Gasteiger partial charge in [0.15, 0.2) is 0 Å². The molecule has 1 saturated carbocycles. The van der Waals surface area contributed by atoms with Crippen molar-refractivity contribution < 1.29 is 28.9 Å². The fourth-order valence-corrected chi connectivity index (χ4v) is 6.72. The first-order valence-electron chi connectivity index (χ1n) is 14.5. The molecular formula is C29H44N5O5+. The van der Waals surface area contributed by atoms with E-state index in [0.717, 1.165) is 64.1 Å². The van der Waals surface area contributed by atoms with Crippen molar-refractivity contribution >= 4 is 29.9 Å². The number of imide groups is 2. The van der Waals surface area contributed by atoms with Crippen LogP contribution in [0.2, 0.25) is 0 Å². The minimum absolute atomic E-state index is 0.152. The summed E-state index contributed by atoms with van der Waals surface area (Å²) in [6, 6.07) is 6.33. The number of hydrogen-bond acceptors (Lipinski definition) is 7. The zero-order valence-corrected chi connectivity index (χ0v) is 23.4. The summed E-state index contributed by atoms with van der Waals surface area (Å²) >= 11 is 0. The molecule has 1 unspecified atom stereocenters. The lowest BCUT2D eigenvalue weighted by Gasteiger charge is -2.36. The van der Waals surface area contributed by atoms with Gasteiger partial charge in [0.05, 0.1) is 19.0 Å². The molecule has 3 fully saturated rings. The molecule has 10 heteroatoms. The van der Waals surface area contributed by atoms with Crippen molar-refractivity contribution in [2.24, 2.45) is 11.8 Å². The normalized spacial score (nSPS) is 24.9. The van der Waals surface area contributed by atoms with Crippen molar-refractivity contribution in [2.75, 3.05) is 50.7 Å². The number of likely N-dealkylation sites (N-methyl/N-ethyl adjacent to an activating group) is 1. The van der Waals surface area contributed by atoms with Crippen molar-refractivity contribution in [3.8, 4) is 0 Å². The topological polar surface area (TPSA) is 110 Å². The van der Waals surface area contributed by atoms with Gasteiger partial charge in [-0.1, -0.05) is 32.6 Å². The van der Waals surface area contributed by atoms with Crippen LogP contribution in [-0.4, -0.2) is 95.8 Å². The number of rotatable bonds is 9. The largest absolute Gasteiger partial charge is 0.431 e. The zero-order valence-electron chi connectivity index (χ0n) is 23.4. The summed E-state index contributed by atoms with van der Waals surface area (Å²) in [7, 11) is 0. The van der Waals surface area contributed by atoms with Gasteiger partial charge in [-0.2, -0.15) is 4.48 Å². The Morgan fingerprint density at radius 2 is 1.74 bits per heavy atom. The number of urea groups is 1. The molecule has 0 aromatic heterocycles. The third kappa shape index (κ3) is 6.50. The van der Waals surface area contributed by atoms with Crippen molar-refractivity contribution in [3.05, 3.63) is 29.8 Å². The van der Waals surface area contributed by atoms with E-state index < -0.39 is 22.3 Å². The number of amides is 5. The quantitative estimate of drug-likeness (QED) is 0.213. The Morgan fingerprint density at radius 1 is 1.08 bits per heavy atom. The van der Waals surface area contributed by atoms with Gasteiger partial charge in [0, 0.05) is 50.3 Å². The SMILES string of the molecule is CCN1CCN(c2ccc(C(=O)NC(=O)[N+]3(C(=O)[C@H](CC4CCCC4)CN(O)C=O)CCC[C@H]3C)cc2)CC1. The minimum atomic E-state index is -0.683. The lowest BCUT2D eigenvalue weighted by Crippen LogP contribution is -2.65. The predicted molar refractivity (Wildman–Crippen MR) is 147 cm³/mol. The van der Waals surface area contributed by atoms with Gasteiger partial charge in [-0.3, -0.25) is 14.8 Å². The number of carbonyl (C=O) groups excluding carboxylic acids is 4. The van der Waals surface area contributed by atoms with Gasteiger partial charge in [-0.05, 0) is 50.1 Å². The molecule has 5 amide bonds. The highest BCUT2D eigenvalue weighted by molar-refractivity contribution is 6.04. The van der Waals surface area contributed by atoms with E-state index in [4.69, 9.17) is 0 Å². The zero-order chi connectivity index (χ0) is 28.0. The second-order valence-corrected chi connectivity index (χ2v) is 11.5. The van der Waals surface area contributed by atoms with Crippen molar-refractivity contribution in [1.82, 2.24) is 15.3 Å². The van der Waals surface area contributed by atoms with Crippen molar-refractivity contribution in [1.29, 1.82) is 0 Å². The lowest BCUT2D eigenvalue weighted by atomic mass is 9.91. The smallest absolute Gasteiger partial charge is 0.369 e. The highest BCUT2D eigenvalue weighted by Gasteiger charge is 2.55. The molecule has 3 aliphatic rings. The van der Waals surface area contributed by atoms with Gasteiger partial charge < -0.3 is 9.80 Å². The Kier molecular flexibility index (Phi) is 9.74. The van der Waals surface area contributed by atoms with Crippen LogP contribution in [0.15, 0.2) is 24.3 Å². The Labute approximate surface area is 231 Å². The standard InChI is InChI=1S/C29H43N5O5/c1-3-31-14-16-32(17-15-31)26-12-10-24(11-13-26)27(36)30-29(38)34(18-6-7-22(34)2)28(37)25(20-33(39)21-35)19-23-8-4-5-9-23/h10-13,21-23,25,39H,3-9,14-20H2,1-2H3/p+1/t22-,25-,34?/m1/s1. The molecule has 2 heterocycles. The number of benzene rings is 1. The van der Waals surface area contributed by atoms with Gasteiger partial charge in [0.1, 0.15) is 6.04 Å². The van der Waals surface area contributed by atoms with Crippen LogP contribution in [0.4, 0.5) is 10.5 Å². The Balaban J connectivity index is 1.47. The van der Waals surface area contributed by atoms with E-state index in [9.17, 15) is 24.4 Å². The van der Waals surface area contributed by atoms with E-state index in [-0.39, 0.29) is 18.5 Å². The summed E-state index contributed by atoms with van der Waals surface area (Å²) in [5.41, 5.74) is 1.40. The third-order valence-corrected chi connectivity index (χ3v) is 9.15. The maximum absolute atomic E-state index is 14.1. The number of hydroxylamine groups is 2. The van der Waals surface area contributed by atoms with Crippen LogP contribution >= 0.6 is 0 Å². The van der Waals surface area contributed by atoms with E-state index in [1.54, 1.807) is 12.1 Å². The Bertz CT molecular complexity index is 1020. The molecule has 0 spiro atoms. The van der Waals surface area contributed by atoms with E-state index in [1.807, 2.05) is 19.1 Å². The van der Waals surface area contributed by atoms with Gasteiger partial charge in [-0.25, -0.2) is 20.0 Å². The lowest BCUT2D eigenvalue weighted by molar-refractivity contribution is -0.786. The van der Waals surface area contributed by atoms with Crippen LogP contribution in [0.25, 0.3) is 0 Å². The molecule has 2 saturated heterocycles. The van der Waals surface area contributed by atoms with E-state index in [2.05, 4.69) is 22.0 Å². The maximum atomic E-state index is 14.1. The predicted octanol–water partition coefficient (Wildman–Crippen LogP) is 3.25. The van der Waals surface area contributed by atoms with Gasteiger partial charge in [-0.15, -0.1) is 0 Å². The second-order valence-electron chi connectivity index (χ2n) is 11.5. The fraction of sp³-hybridized carbons (Fsp3) is 0.655. The molecule has 0 bridgehead atoms. The Hall–Kier alpha value is -2.82. The molecular weight excluding hydrogens is 498 g/mol. The first kappa shape index (κ1) is 29.2. The Morgan fingerprint density at radius 3 is 2.31 bits per heavy atom. The van der Waals surface area contributed by atoms with Crippen LogP contribution in [0.3, 0.4) is 0 Å². The number of hydrogen-bond donors (Lipinski definition) is 2. The molecule has 1 aromatic carbocycles. The fourth-order valence-electron chi connectivity index (χ4n) is 6.72. The summed E-state index contributed by atoms with van der Waals surface area (Å²) in [6.07, 6.45) is 6.38. The summed E-state index contributed by atoms with van der Waals surface area (Å²) < 4.78 is -0.477. The average Bonchev–Trinajstić information content (AvgIpc) is 3.62. The van der Waals surface area contributed by atoms with Crippen LogP contribution in [0.5, 0.6) is 0 Å². The van der Waals surface area contributed by atoms with Crippen molar-refractivity contribution in [3.63, 3.8) is 0 Å². The molecule has 3 atom stereocenters. The van der Waals surface area contributed by atoms with E-state index >= 15 is 0 Å². The number of nitrogens with one attached hydrogen (secondary N) is 1. The minimum Gasteiger partial charge on any atom is -0.369 e.